The van der Waals surface area contributed by atoms with Crippen molar-refractivity contribution in [1.82, 2.24) is 5.32 Å². The molecule has 0 saturated heterocycles. The molecule has 1 heterocycles. The molecular formula is C13H19N3O2. The maximum Gasteiger partial charge on any atom is 0.246 e. The predicted octanol–water partition coefficient (Wildman–Crippen LogP) is 0.982. The first kappa shape index (κ1) is 12.9. The molecule has 0 saturated carbocycles. The van der Waals surface area contributed by atoms with Crippen molar-refractivity contribution in [3.8, 4) is 0 Å². The number of hydrogen-bond donors (Lipinski definition) is 2. The van der Waals surface area contributed by atoms with E-state index in [0.29, 0.717) is 6.61 Å². The first-order chi connectivity index (χ1) is 8.67. The highest BCUT2D eigenvalue weighted by Gasteiger charge is 2.29. The molecule has 0 bridgehead atoms. The number of amides is 1. The van der Waals surface area contributed by atoms with Gasteiger partial charge in [0.1, 0.15) is 6.04 Å². The first-order valence-corrected chi connectivity index (χ1v) is 5.99. The number of carbonyl (C=O) groups excluding carboxylic acids is 1. The van der Waals surface area contributed by atoms with E-state index in [1.165, 1.54) is 0 Å². The largest absolute Gasteiger partial charge is 0.383 e. The standard InChI is InChI=1S/C13H19N3O2/c1-14-12-10-5-4-9(16(2)6-7-18-3)8-11(10)15-13(12)17/h4-5,8,12,14H,6-7H2,1-3H3,(H,15,17). The normalized spacial score (nSPS) is 17.5. The van der Waals surface area contributed by atoms with E-state index in [2.05, 4.69) is 15.5 Å². The van der Waals surface area contributed by atoms with E-state index in [1.54, 1.807) is 14.2 Å². The van der Waals surface area contributed by atoms with Crippen LogP contribution in [0, 0.1) is 0 Å². The summed E-state index contributed by atoms with van der Waals surface area (Å²) in [6.07, 6.45) is 0. The van der Waals surface area contributed by atoms with Gasteiger partial charge in [0.25, 0.3) is 0 Å². The predicted molar refractivity (Wildman–Crippen MR) is 72.0 cm³/mol. The molecule has 2 N–H and O–H groups in total. The quantitative estimate of drug-likeness (QED) is 0.817. The van der Waals surface area contributed by atoms with Crippen molar-refractivity contribution in [2.24, 2.45) is 0 Å². The minimum Gasteiger partial charge on any atom is -0.383 e. The third kappa shape index (κ3) is 2.32. The van der Waals surface area contributed by atoms with E-state index in [1.807, 2.05) is 25.2 Å². The molecule has 5 nitrogen and oxygen atoms in total. The van der Waals surface area contributed by atoms with Crippen molar-refractivity contribution >= 4 is 17.3 Å². The molecule has 1 aromatic rings. The van der Waals surface area contributed by atoms with Gasteiger partial charge in [-0.05, 0) is 19.2 Å². The molecule has 2 rings (SSSR count). The molecule has 0 radical (unpaired) electrons. The number of methoxy groups -OCH3 is 1. The monoisotopic (exact) mass is 249 g/mol. The Morgan fingerprint density at radius 3 is 2.94 bits per heavy atom. The summed E-state index contributed by atoms with van der Waals surface area (Å²) in [6, 6.07) is 5.78. The first-order valence-electron chi connectivity index (χ1n) is 5.99. The molecule has 1 aliphatic rings. The SMILES string of the molecule is CNC1C(=O)Nc2cc(N(C)CCOC)ccc21. The van der Waals surface area contributed by atoms with Crippen LogP contribution in [0.15, 0.2) is 18.2 Å². The molecule has 1 aliphatic heterocycles. The Morgan fingerprint density at radius 1 is 1.50 bits per heavy atom. The Hall–Kier alpha value is -1.59. The van der Waals surface area contributed by atoms with Crippen molar-refractivity contribution in [2.45, 2.75) is 6.04 Å². The molecule has 98 valence electrons. The summed E-state index contributed by atoms with van der Waals surface area (Å²) in [5.41, 5.74) is 2.97. The molecule has 0 spiro atoms. The van der Waals surface area contributed by atoms with Crippen molar-refractivity contribution in [3.05, 3.63) is 23.8 Å². The Bertz CT molecular complexity index is 448. The minimum atomic E-state index is -0.238. The summed E-state index contributed by atoms with van der Waals surface area (Å²) in [4.78, 5) is 13.8. The van der Waals surface area contributed by atoms with Gasteiger partial charge in [0.05, 0.1) is 6.61 Å². The molecule has 5 heteroatoms. The second-order valence-corrected chi connectivity index (χ2v) is 4.40. The molecule has 1 amide bonds. The van der Waals surface area contributed by atoms with E-state index in [-0.39, 0.29) is 11.9 Å². The average Bonchev–Trinajstić information content (AvgIpc) is 2.69. The van der Waals surface area contributed by atoms with Gasteiger partial charge in [0.2, 0.25) is 5.91 Å². The molecule has 1 aromatic carbocycles. The Balaban J connectivity index is 2.19. The number of ether oxygens (including phenoxy) is 1. The van der Waals surface area contributed by atoms with Gasteiger partial charge in [-0.3, -0.25) is 4.79 Å². The van der Waals surface area contributed by atoms with Crippen LogP contribution in [-0.4, -0.2) is 40.3 Å². The lowest BCUT2D eigenvalue weighted by Gasteiger charge is -2.19. The van der Waals surface area contributed by atoms with Gasteiger partial charge in [0, 0.05) is 37.6 Å². The molecule has 0 aliphatic carbocycles. The highest BCUT2D eigenvalue weighted by Crippen LogP contribution is 2.33. The number of rotatable bonds is 5. The van der Waals surface area contributed by atoms with Crippen LogP contribution in [-0.2, 0) is 9.53 Å². The lowest BCUT2D eigenvalue weighted by Crippen LogP contribution is -2.23. The van der Waals surface area contributed by atoms with Gasteiger partial charge in [-0.2, -0.15) is 0 Å². The zero-order valence-electron chi connectivity index (χ0n) is 11.0. The number of likely N-dealkylation sites (N-methyl/N-ethyl adjacent to an activating group) is 2. The summed E-state index contributed by atoms with van der Waals surface area (Å²) in [5.74, 6) is 0.00388. The Labute approximate surface area is 107 Å². The Morgan fingerprint density at radius 2 is 2.28 bits per heavy atom. The van der Waals surface area contributed by atoms with E-state index in [0.717, 1.165) is 23.5 Å². The van der Waals surface area contributed by atoms with Crippen molar-refractivity contribution in [1.29, 1.82) is 0 Å². The number of nitrogens with zero attached hydrogens (tertiary/aromatic N) is 1. The van der Waals surface area contributed by atoms with E-state index < -0.39 is 0 Å². The van der Waals surface area contributed by atoms with Crippen LogP contribution in [0.3, 0.4) is 0 Å². The third-order valence-corrected chi connectivity index (χ3v) is 3.23. The van der Waals surface area contributed by atoms with Crippen molar-refractivity contribution < 1.29 is 9.53 Å². The number of nitrogens with one attached hydrogen (secondary N) is 2. The fraction of sp³-hybridized carbons (Fsp3) is 0.462. The van der Waals surface area contributed by atoms with E-state index in [9.17, 15) is 4.79 Å². The van der Waals surface area contributed by atoms with Gasteiger partial charge in [-0.25, -0.2) is 0 Å². The second kappa shape index (κ2) is 5.37. The van der Waals surface area contributed by atoms with Crippen LogP contribution in [0.4, 0.5) is 11.4 Å². The van der Waals surface area contributed by atoms with Crippen LogP contribution in [0.2, 0.25) is 0 Å². The summed E-state index contributed by atoms with van der Waals surface area (Å²) >= 11 is 0. The maximum absolute atomic E-state index is 11.7. The minimum absolute atomic E-state index is 0.00388. The topological polar surface area (TPSA) is 53.6 Å². The molecule has 1 unspecified atom stereocenters. The smallest absolute Gasteiger partial charge is 0.246 e. The summed E-state index contributed by atoms with van der Waals surface area (Å²) < 4.78 is 5.06. The fourth-order valence-electron chi connectivity index (χ4n) is 2.13. The lowest BCUT2D eigenvalue weighted by molar-refractivity contribution is -0.117. The fourth-order valence-corrected chi connectivity index (χ4v) is 2.13. The molecule has 1 atom stereocenters. The summed E-state index contributed by atoms with van der Waals surface area (Å²) in [5, 5.41) is 5.90. The van der Waals surface area contributed by atoms with E-state index in [4.69, 9.17) is 4.74 Å². The maximum atomic E-state index is 11.7. The number of anilines is 2. The van der Waals surface area contributed by atoms with E-state index >= 15 is 0 Å². The van der Waals surface area contributed by atoms with Crippen LogP contribution in [0.1, 0.15) is 11.6 Å². The highest BCUT2D eigenvalue weighted by molar-refractivity contribution is 6.03. The third-order valence-electron chi connectivity index (χ3n) is 3.23. The second-order valence-electron chi connectivity index (χ2n) is 4.40. The van der Waals surface area contributed by atoms with Crippen LogP contribution >= 0.6 is 0 Å². The van der Waals surface area contributed by atoms with Gasteiger partial charge >= 0.3 is 0 Å². The van der Waals surface area contributed by atoms with Gasteiger partial charge in [0.15, 0.2) is 0 Å². The lowest BCUT2D eigenvalue weighted by atomic mass is 10.1. The molecular weight excluding hydrogens is 230 g/mol. The number of hydrogen-bond acceptors (Lipinski definition) is 4. The van der Waals surface area contributed by atoms with Crippen molar-refractivity contribution in [2.75, 3.05) is 44.6 Å². The number of carbonyl (C=O) groups is 1. The Kier molecular flexibility index (Phi) is 3.84. The van der Waals surface area contributed by atoms with Crippen molar-refractivity contribution in [3.63, 3.8) is 0 Å². The zero-order chi connectivity index (χ0) is 13.1. The zero-order valence-corrected chi connectivity index (χ0v) is 11.0. The van der Waals surface area contributed by atoms with Crippen LogP contribution in [0.25, 0.3) is 0 Å². The van der Waals surface area contributed by atoms with Crippen LogP contribution in [0.5, 0.6) is 0 Å². The van der Waals surface area contributed by atoms with Gasteiger partial charge < -0.3 is 20.3 Å². The number of benzene rings is 1. The molecule has 0 aromatic heterocycles. The number of fused-ring (bicyclic) bond motifs is 1. The highest BCUT2D eigenvalue weighted by atomic mass is 16.5. The van der Waals surface area contributed by atoms with Crippen LogP contribution < -0.4 is 15.5 Å². The molecule has 0 fully saturated rings. The van der Waals surface area contributed by atoms with Gasteiger partial charge in [-0.15, -0.1) is 0 Å². The summed E-state index contributed by atoms with van der Waals surface area (Å²) in [6.45, 7) is 1.50. The van der Waals surface area contributed by atoms with Gasteiger partial charge in [-0.1, -0.05) is 6.07 Å². The molecule has 18 heavy (non-hydrogen) atoms. The average molecular weight is 249 g/mol. The summed E-state index contributed by atoms with van der Waals surface area (Å²) in [7, 11) is 5.49.